The fourth-order valence-corrected chi connectivity index (χ4v) is 2.64. The Hall–Kier alpha value is -2.47. The van der Waals surface area contributed by atoms with Crippen molar-refractivity contribution in [1.82, 2.24) is 9.55 Å². The zero-order chi connectivity index (χ0) is 14.1. The van der Waals surface area contributed by atoms with E-state index in [1.165, 1.54) is 11.3 Å². The fourth-order valence-electron chi connectivity index (χ4n) is 1.91. The lowest BCUT2D eigenvalue weighted by atomic mass is 10.1. The van der Waals surface area contributed by atoms with E-state index in [2.05, 4.69) is 9.98 Å². The molecule has 0 radical (unpaired) electrons. The molecule has 1 amide bonds. The van der Waals surface area contributed by atoms with Crippen molar-refractivity contribution in [2.45, 2.75) is 0 Å². The van der Waals surface area contributed by atoms with Gasteiger partial charge in [0.25, 0.3) is 11.5 Å². The van der Waals surface area contributed by atoms with Crippen molar-refractivity contribution >= 4 is 28.0 Å². The average Bonchev–Trinajstić information content (AvgIpc) is 2.84. The van der Waals surface area contributed by atoms with E-state index < -0.39 is 5.91 Å². The first kappa shape index (κ1) is 12.6. The van der Waals surface area contributed by atoms with Gasteiger partial charge in [0.1, 0.15) is 5.69 Å². The Labute approximate surface area is 117 Å². The second kappa shape index (κ2) is 4.90. The molecule has 6 heteroatoms. The number of aromatic amines is 1. The van der Waals surface area contributed by atoms with Gasteiger partial charge in [-0.1, -0.05) is 18.2 Å². The van der Waals surface area contributed by atoms with Crippen LogP contribution in [0.2, 0.25) is 0 Å². The molecule has 3 rings (SSSR count). The summed E-state index contributed by atoms with van der Waals surface area (Å²) < 4.78 is 1.75. The van der Waals surface area contributed by atoms with Crippen molar-refractivity contribution < 1.29 is 4.79 Å². The molecule has 0 spiro atoms. The molecule has 1 N–H and O–H groups in total. The molecule has 20 heavy (non-hydrogen) atoms. The van der Waals surface area contributed by atoms with Gasteiger partial charge in [-0.05, 0) is 17.5 Å². The lowest BCUT2D eigenvalue weighted by Crippen LogP contribution is -2.16. The maximum absolute atomic E-state index is 12.1. The molecule has 0 aliphatic heterocycles. The van der Waals surface area contributed by atoms with E-state index in [0.29, 0.717) is 10.2 Å². The lowest BCUT2D eigenvalue weighted by Gasteiger charge is -1.99. The maximum Gasteiger partial charge on any atom is 0.296 e. The van der Waals surface area contributed by atoms with E-state index in [9.17, 15) is 9.59 Å². The third-order valence-corrected chi connectivity index (χ3v) is 3.79. The number of carbonyl (C=O) groups excluding carboxylic acids is 1. The van der Waals surface area contributed by atoms with Crippen molar-refractivity contribution in [1.29, 1.82) is 0 Å². The molecule has 2 aromatic heterocycles. The minimum absolute atomic E-state index is 0.196. The van der Waals surface area contributed by atoms with Crippen LogP contribution in [0.1, 0.15) is 10.5 Å². The molecule has 0 fully saturated rings. The predicted octanol–water partition coefficient (Wildman–Crippen LogP) is 1.67. The van der Waals surface area contributed by atoms with E-state index in [-0.39, 0.29) is 11.3 Å². The number of thiazole rings is 1. The van der Waals surface area contributed by atoms with Gasteiger partial charge < -0.3 is 9.55 Å². The fraction of sp³-hybridized carbons (Fsp3) is 0.0714. The Bertz CT molecular complexity index is 918. The van der Waals surface area contributed by atoms with Crippen LogP contribution in [0.5, 0.6) is 0 Å². The zero-order valence-electron chi connectivity index (χ0n) is 10.7. The molecule has 2 heterocycles. The highest BCUT2D eigenvalue weighted by Gasteiger charge is 2.08. The Balaban J connectivity index is 2.14. The summed E-state index contributed by atoms with van der Waals surface area (Å²) in [5.74, 6) is -0.453. The number of nitrogens with zero attached hydrogens (tertiary/aromatic N) is 2. The summed E-state index contributed by atoms with van der Waals surface area (Å²) in [5, 5.41) is 3.13. The highest BCUT2D eigenvalue weighted by atomic mass is 32.1. The number of nitrogens with one attached hydrogen (secondary N) is 1. The third-order valence-electron chi connectivity index (χ3n) is 2.94. The first-order valence-electron chi connectivity index (χ1n) is 5.96. The Morgan fingerprint density at radius 1 is 1.35 bits per heavy atom. The number of pyridine rings is 1. The van der Waals surface area contributed by atoms with E-state index in [0.717, 1.165) is 5.39 Å². The number of hydrogen-bond acceptors (Lipinski definition) is 3. The molecule has 1 aromatic carbocycles. The molecule has 0 aliphatic carbocycles. The van der Waals surface area contributed by atoms with Crippen molar-refractivity contribution in [2.75, 3.05) is 0 Å². The van der Waals surface area contributed by atoms with Gasteiger partial charge in [-0.25, -0.2) is 0 Å². The molecule has 0 unspecified atom stereocenters. The second-order valence-corrected chi connectivity index (χ2v) is 5.19. The summed E-state index contributed by atoms with van der Waals surface area (Å²) >= 11 is 1.36. The number of hydrogen-bond donors (Lipinski definition) is 1. The minimum atomic E-state index is -0.453. The Morgan fingerprint density at radius 3 is 2.90 bits per heavy atom. The summed E-state index contributed by atoms with van der Waals surface area (Å²) in [4.78, 5) is 31.2. The van der Waals surface area contributed by atoms with Crippen LogP contribution in [-0.4, -0.2) is 15.5 Å². The van der Waals surface area contributed by atoms with E-state index in [1.54, 1.807) is 28.8 Å². The topological polar surface area (TPSA) is 67.2 Å². The van der Waals surface area contributed by atoms with Crippen LogP contribution in [0.25, 0.3) is 10.8 Å². The number of aryl methyl sites for hydroxylation is 1. The number of carbonyl (C=O) groups is 1. The Kier molecular flexibility index (Phi) is 3.08. The molecule has 0 atom stereocenters. The van der Waals surface area contributed by atoms with Crippen LogP contribution >= 0.6 is 11.3 Å². The monoisotopic (exact) mass is 285 g/mol. The molecule has 0 saturated carbocycles. The van der Waals surface area contributed by atoms with Crippen LogP contribution in [-0.2, 0) is 7.05 Å². The van der Waals surface area contributed by atoms with Gasteiger partial charge in [-0.3, -0.25) is 9.59 Å². The zero-order valence-corrected chi connectivity index (χ0v) is 11.5. The lowest BCUT2D eigenvalue weighted by molar-refractivity contribution is 0.0993. The molecule has 0 saturated heterocycles. The summed E-state index contributed by atoms with van der Waals surface area (Å²) in [5.41, 5.74) is -0.0840. The second-order valence-electron chi connectivity index (χ2n) is 4.31. The van der Waals surface area contributed by atoms with Crippen molar-refractivity contribution in [3.8, 4) is 0 Å². The highest BCUT2D eigenvalue weighted by Crippen LogP contribution is 2.10. The summed E-state index contributed by atoms with van der Waals surface area (Å²) in [7, 11) is 1.81. The van der Waals surface area contributed by atoms with Gasteiger partial charge in [0.2, 0.25) is 0 Å². The number of fused-ring (bicyclic) bond motifs is 1. The van der Waals surface area contributed by atoms with Crippen molar-refractivity contribution in [3.05, 3.63) is 62.8 Å². The van der Waals surface area contributed by atoms with Crippen LogP contribution in [0.4, 0.5) is 0 Å². The van der Waals surface area contributed by atoms with E-state index in [4.69, 9.17) is 0 Å². The molecular weight excluding hydrogens is 274 g/mol. The Morgan fingerprint density at radius 2 is 2.15 bits per heavy atom. The first-order valence-corrected chi connectivity index (χ1v) is 6.84. The molecule has 5 nitrogen and oxygen atoms in total. The normalized spacial score (nSPS) is 11.9. The summed E-state index contributed by atoms with van der Waals surface area (Å²) in [6, 6.07) is 8.78. The number of amides is 1. The molecule has 100 valence electrons. The number of benzene rings is 1. The predicted molar refractivity (Wildman–Crippen MR) is 77.8 cm³/mol. The molecule has 3 aromatic rings. The van der Waals surface area contributed by atoms with Crippen LogP contribution in [0, 0.1) is 0 Å². The van der Waals surface area contributed by atoms with Gasteiger partial charge in [-0.2, -0.15) is 4.99 Å². The smallest absolute Gasteiger partial charge is 0.296 e. The minimum Gasteiger partial charge on any atom is -0.327 e. The average molecular weight is 285 g/mol. The molecule has 0 aliphatic rings. The summed E-state index contributed by atoms with van der Waals surface area (Å²) in [6.07, 6.45) is 1.82. The third kappa shape index (κ3) is 2.21. The molecular formula is C14H11N3O2S. The van der Waals surface area contributed by atoms with Crippen LogP contribution < -0.4 is 10.4 Å². The van der Waals surface area contributed by atoms with Gasteiger partial charge in [0.05, 0.1) is 0 Å². The van der Waals surface area contributed by atoms with Crippen LogP contribution in [0.3, 0.4) is 0 Å². The molecule has 0 bridgehead atoms. The van der Waals surface area contributed by atoms with Gasteiger partial charge in [-0.15, -0.1) is 11.3 Å². The number of H-pyrrole nitrogens is 1. The van der Waals surface area contributed by atoms with Gasteiger partial charge >= 0.3 is 0 Å². The number of aromatic nitrogens is 2. The van der Waals surface area contributed by atoms with Crippen molar-refractivity contribution in [2.24, 2.45) is 12.0 Å². The standard InChI is InChI=1S/C14H11N3O2S/c1-17-6-7-20-14(17)16-13(19)11-8-9-4-2-3-5-10(9)12(18)15-11/h2-8H,1H3,(H,15,18). The van der Waals surface area contributed by atoms with E-state index >= 15 is 0 Å². The van der Waals surface area contributed by atoms with E-state index in [1.807, 2.05) is 24.7 Å². The number of rotatable bonds is 1. The van der Waals surface area contributed by atoms with Crippen LogP contribution in [0.15, 0.2) is 51.7 Å². The van der Waals surface area contributed by atoms with Gasteiger partial charge in [0, 0.05) is 24.0 Å². The SMILES string of the molecule is Cn1ccsc1=NC(=O)c1cc2ccccc2c(=O)[nH]1. The first-order chi connectivity index (χ1) is 9.65. The highest BCUT2D eigenvalue weighted by molar-refractivity contribution is 7.07. The largest absolute Gasteiger partial charge is 0.327 e. The van der Waals surface area contributed by atoms with Crippen molar-refractivity contribution in [3.63, 3.8) is 0 Å². The van der Waals surface area contributed by atoms with Gasteiger partial charge in [0.15, 0.2) is 4.80 Å². The summed E-state index contributed by atoms with van der Waals surface area (Å²) in [6.45, 7) is 0. The quantitative estimate of drug-likeness (QED) is 0.739. The maximum atomic E-state index is 12.1.